The summed E-state index contributed by atoms with van der Waals surface area (Å²) in [5, 5.41) is 6.52. The fourth-order valence-corrected chi connectivity index (χ4v) is 1.68. The molecular weight excluding hydrogens is 192 g/mol. The van der Waals surface area contributed by atoms with Crippen molar-refractivity contribution in [1.29, 1.82) is 0 Å². The van der Waals surface area contributed by atoms with E-state index in [2.05, 4.69) is 20.6 Å². The molecule has 0 aromatic carbocycles. The number of anilines is 1. The summed E-state index contributed by atoms with van der Waals surface area (Å²) in [6.07, 6.45) is 3.80. The number of hydrogen-bond donors (Lipinski definition) is 2. The van der Waals surface area contributed by atoms with Crippen molar-refractivity contribution in [3.63, 3.8) is 0 Å². The number of aromatic nitrogens is 2. The van der Waals surface area contributed by atoms with E-state index in [1.165, 1.54) is 0 Å². The van der Waals surface area contributed by atoms with Gasteiger partial charge in [-0.2, -0.15) is 0 Å². The monoisotopic (exact) mass is 208 g/mol. The first-order chi connectivity index (χ1) is 7.29. The number of hydrogen-bond acceptors (Lipinski definition) is 5. The van der Waals surface area contributed by atoms with Crippen molar-refractivity contribution in [2.24, 2.45) is 0 Å². The van der Waals surface area contributed by atoms with Crippen LogP contribution in [0.4, 0.5) is 5.95 Å². The molecule has 5 heteroatoms. The molecule has 0 amide bonds. The zero-order valence-corrected chi connectivity index (χ0v) is 9.03. The molecule has 2 atom stereocenters. The highest BCUT2D eigenvalue weighted by molar-refractivity contribution is 5.27. The van der Waals surface area contributed by atoms with Gasteiger partial charge < -0.3 is 15.4 Å². The smallest absolute Gasteiger partial charge is 0.222 e. The second-order valence-corrected chi connectivity index (χ2v) is 3.77. The molecule has 2 N–H and O–H groups in total. The van der Waals surface area contributed by atoms with Crippen LogP contribution in [0.2, 0.25) is 0 Å². The number of methoxy groups -OCH3 is 1. The highest BCUT2D eigenvalue weighted by Gasteiger charge is 2.27. The quantitative estimate of drug-likeness (QED) is 0.742. The van der Waals surface area contributed by atoms with Crippen LogP contribution in [-0.2, 0) is 4.74 Å². The zero-order valence-electron chi connectivity index (χ0n) is 9.03. The van der Waals surface area contributed by atoms with Crippen LogP contribution in [-0.4, -0.2) is 42.3 Å². The van der Waals surface area contributed by atoms with Gasteiger partial charge in [-0.05, 0) is 12.5 Å². The zero-order chi connectivity index (χ0) is 10.7. The van der Waals surface area contributed by atoms with Gasteiger partial charge in [-0.25, -0.2) is 9.97 Å². The maximum absolute atomic E-state index is 5.34. The van der Waals surface area contributed by atoms with Gasteiger partial charge in [-0.15, -0.1) is 0 Å². The lowest BCUT2D eigenvalue weighted by atomic mass is 10.2. The Morgan fingerprint density at radius 1 is 1.40 bits per heavy atom. The summed E-state index contributed by atoms with van der Waals surface area (Å²) in [6.45, 7) is 3.73. The lowest BCUT2D eigenvalue weighted by Crippen LogP contribution is -2.34. The van der Waals surface area contributed by atoms with Gasteiger partial charge >= 0.3 is 0 Å². The Morgan fingerprint density at radius 2 is 2.13 bits per heavy atom. The molecule has 0 radical (unpaired) electrons. The Kier molecular flexibility index (Phi) is 3.13. The fraction of sp³-hybridized carbons (Fsp3) is 0.600. The van der Waals surface area contributed by atoms with Gasteiger partial charge in [0.2, 0.25) is 5.95 Å². The van der Waals surface area contributed by atoms with Crippen molar-refractivity contribution in [3.05, 3.63) is 18.0 Å². The maximum Gasteiger partial charge on any atom is 0.222 e. The van der Waals surface area contributed by atoms with Crippen LogP contribution in [0.3, 0.4) is 0 Å². The molecule has 1 aliphatic heterocycles. The molecule has 0 aliphatic carbocycles. The molecule has 1 aromatic heterocycles. The average molecular weight is 208 g/mol. The minimum Gasteiger partial charge on any atom is -0.378 e. The SMILES string of the molecule is CO[C@H]1CNCC1Nc1ncc(C)cn1. The third-order valence-corrected chi connectivity index (χ3v) is 2.56. The third-order valence-electron chi connectivity index (χ3n) is 2.56. The molecule has 2 rings (SSSR count). The van der Waals surface area contributed by atoms with E-state index in [-0.39, 0.29) is 12.1 Å². The second kappa shape index (κ2) is 4.55. The Hall–Kier alpha value is -1.20. The van der Waals surface area contributed by atoms with Crippen LogP contribution >= 0.6 is 0 Å². The molecule has 1 saturated heterocycles. The van der Waals surface area contributed by atoms with Crippen LogP contribution in [0.1, 0.15) is 5.56 Å². The lowest BCUT2D eigenvalue weighted by molar-refractivity contribution is 0.111. The maximum atomic E-state index is 5.34. The van der Waals surface area contributed by atoms with Crippen LogP contribution in [0.25, 0.3) is 0 Å². The molecule has 1 aromatic rings. The molecule has 0 bridgehead atoms. The summed E-state index contributed by atoms with van der Waals surface area (Å²) in [5.41, 5.74) is 1.06. The van der Waals surface area contributed by atoms with Crippen molar-refractivity contribution >= 4 is 5.95 Å². The molecule has 1 aliphatic rings. The Balaban J connectivity index is 1.99. The molecule has 1 unspecified atom stereocenters. The van der Waals surface area contributed by atoms with Crippen LogP contribution in [0, 0.1) is 6.92 Å². The number of ether oxygens (including phenoxy) is 1. The minimum absolute atomic E-state index is 0.190. The van der Waals surface area contributed by atoms with Gasteiger partial charge in [0.25, 0.3) is 0 Å². The van der Waals surface area contributed by atoms with Crippen molar-refractivity contribution in [2.75, 3.05) is 25.5 Å². The van der Waals surface area contributed by atoms with Gasteiger partial charge in [-0.1, -0.05) is 0 Å². The summed E-state index contributed by atoms with van der Waals surface area (Å²) in [4.78, 5) is 8.41. The first-order valence-corrected chi connectivity index (χ1v) is 5.08. The fourth-order valence-electron chi connectivity index (χ4n) is 1.68. The van der Waals surface area contributed by atoms with Gasteiger partial charge in [0.1, 0.15) is 0 Å². The Labute approximate surface area is 89.3 Å². The Bertz CT molecular complexity index is 314. The van der Waals surface area contributed by atoms with Crippen LogP contribution in [0.15, 0.2) is 12.4 Å². The van der Waals surface area contributed by atoms with Crippen molar-refractivity contribution < 1.29 is 4.74 Å². The first-order valence-electron chi connectivity index (χ1n) is 5.08. The number of nitrogens with one attached hydrogen (secondary N) is 2. The van der Waals surface area contributed by atoms with Crippen molar-refractivity contribution in [3.8, 4) is 0 Å². The first kappa shape index (κ1) is 10.3. The number of rotatable bonds is 3. The Morgan fingerprint density at radius 3 is 2.80 bits per heavy atom. The number of nitrogens with zero attached hydrogens (tertiary/aromatic N) is 2. The van der Waals surface area contributed by atoms with E-state index >= 15 is 0 Å². The molecule has 1 fully saturated rings. The van der Waals surface area contributed by atoms with Gasteiger partial charge in [-0.3, -0.25) is 0 Å². The molecule has 2 heterocycles. The topological polar surface area (TPSA) is 59.1 Å². The standard InChI is InChI=1S/C10H16N4O/c1-7-3-12-10(13-4-7)14-8-5-11-6-9(8)15-2/h3-4,8-9,11H,5-6H2,1-2H3,(H,12,13,14)/t8?,9-/m0/s1. The molecule has 0 spiro atoms. The lowest BCUT2D eigenvalue weighted by Gasteiger charge is -2.18. The van der Waals surface area contributed by atoms with Gasteiger partial charge in [0.15, 0.2) is 0 Å². The summed E-state index contributed by atoms with van der Waals surface area (Å²) >= 11 is 0. The predicted octanol–water partition coefficient (Wildman–Crippen LogP) is 0.184. The highest BCUT2D eigenvalue weighted by Crippen LogP contribution is 2.09. The van der Waals surface area contributed by atoms with Gasteiger partial charge in [0.05, 0.1) is 12.1 Å². The number of aryl methyl sites for hydroxylation is 1. The third kappa shape index (κ3) is 2.43. The summed E-state index contributed by atoms with van der Waals surface area (Å²) in [5.74, 6) is 0.663. The van der Waals surface area contributed by atoms with Crippen LogP contribution in [0.5, 0.6) is 0 Å². The summed E-state index contributed by atoms with van der Waals surface area (Å²) < 4.78 is 5.34. The second-order valence-electron chi connectivity index (χ2n) is 3.77. The van der Waals surface area contributed by atoms with Crippen molar-refractivity contribution in [1.82, 2.24) is 15.3 Å². The predicted molar refractivity (Wildman–Crippen MR) is 57.8 cm³/mol. The molecular formula is C10H16N4O. The largest absolute Gasteiger partial charge is 0.378 e. The summed E-state index contributed by atoms with van der Waals surface area (Å²) in [7, 11) is 1.72. The van der Waals surface area contributed by atoms with E-state index in [0.717, 1.165) is 18.7 Å². The highest BCUT2D eigenvalue weighted by atomic mass is 16.5. The van der Waals surface area contributed by atoms with Crippen molar-refractivity contribution in [2.45, 2.75) is 19.1 Å². The molecule has 0 saturated carbocycles. The van der Waals surface area contributed by atoms with E-state index in [1.807, 2.05) is 6.92 Å². The molecule has 5 nitrogen and oxygen atoms in total. The summed E-state index contributed by atoms with van der Waals surface area (Å²) in [6, 6.07) is 0.248. The van der Waals surface area contributed by atoms with E-state index in [0.29, 0.717) is 5.95 Å². The van der Waals surface area contributed by atoms with E-state index in [1.54, 1.807) is 19.5 Å². The normalized spacial score (nSPS) is 25.5. The average Bonchev–Trinajstić information content (AvgIpc) is 2.69. The van der Waals surface area contributed by atoms with E-state index in [9.17, 15) is 0 Å². The van der Waals surface area contributed by atoms with Gasteiger partial charge in [0, 0.05) is 32.6 Å². The minimum atomic E-state index is 0.190. The van der Waals surface area contributed by atoms with E-state index < -0.39 is 0 Å². The molecule has 15 heavy (non-hydrogen) atoms. The molecule has 82 valence electrons. The van der Waals surface area contributed by atoms with Crippen LogP contribution < -0.4 is 10.6 Å². The van der Waals surface area contributed by atoms with E-state index in [4.69, 9.17) is 4.74 Å².